The van der Waals surface area contributed by atoms with Crippen molar-refractivity contribution in [3.05, 3.63) is 36.0 Å². The fourth-order valence-electron chi connectivity index (χ4n) is 3.24. The number of nitrogens with one attached hydrogen (secondary N) is 1. The molecule has 1 N–H and O–H groups in total. The van der Waals surface area contributed by atoms with Gasteiger partial charge in [-0.25, -0.2) is 0 Å². The van der Waals surface area contributed by atoms with Crippen molar-refractivity contribution in [2.24, 2.45) is 5.41 Å². The maximum atomic E-state index is 12.6. The first-order valence-electron chi connectivity index (χ1n) is 7.76. The van der Waals surface area contributed by atoms with E-state index in [9.17, 15) is 4.79 Å². The molecule has 0 bridgehead atoms. The van der Waals surface area contributed by atoms with E-state index in [1.54, 1.807) is 6.20 Å². The van der Waals surface area contributed by atoms with Crippen LogP contribution in [0.5, 0.6) is 0 Å². The maximum absolute atomic E-state index is 12.6. The van der Waals surface area contributed by atoms with Gasteiger partial charge in [0.05, 0.1) is 17.4 Å². The molecule has 21 heavy (non-hydrogen) atoms. The zero-order valence-corrected chi connectivity index (χ0v) is 12.8. The van der Waals surface area contributed by atoms with Crippen molar-refractivity contribution in [2.45, 2.75) is 46.0 Å². The molecule has 1 fully saturated rings. The highest BCUT2D eigenvalue weighted by molar-refractivity contribution is 5.98. The van der Waals surface area contributed by atoms with Crippen molar-refractivity contribution in [3.8, 4) is 0 Å². The van der Waals surface area contributed by atoms with Crippen LogP contribution < -0.4 is 5.32 Å². The lowest BCUT2D eigenvalue weighted by atomic mass is 9.75. The van der Waals surface area contributed by atoms with Gasteiger partial charge in [0.1, 0.15) is 0 Å². The molecule has 0 spiro atoms. The molecular weight excluding hydrogens is 260 g/mol. The molecule has 1 aliphatic carbocycles. The summed E-state index contributed by atoms with van der Waals surface area (Å²) in [5.74, 6) is 0.141. The summed E-state index contributed by atoms with van der Waals surface area (Å²) < 4.78 is 0. The Morgan fingerprint density at radius 1 is 1.19 bits per heavy atom. The molecule has 0 radical (unpaired) electrons. The van der Waals surface area contributed by atoms with Crippen LogP contribution in [-0.2, 0) is 4.79 Å². The predicted molar refractivity (Wildman–Crippen MR) is 86.3 cm³/mol. The number of anilines is 1. The zero-order valence-electron chi connectivity index (χ0n) is 12.8. The van der Waals surface area contributed by atoms with Gasteiger partial charge < -0.3 is 5.32 Å². The lowest BCUT2D eigenvalue weighted by molar-refractivity contribution is -0.126. The summed E-state index contributed by atoms with van der Waals surface area (Å²) in [6.45, 7) is 4.13. The fraction of sp³-hybridized carbons (Fsp3) is 0.444. The minimum atomic E-state index is -0.226. The maximum Gasteiger partial charge on any atom is 0.230 e. The van der Waals surface area contributed by atoms with Gasteiger partial charge in [-0.2, -0.15) is 0 Å². The molecule has 0 aliphatic heterocycles. The minimum Gasteiger partial charge on any atom is -0.324 e. The van der Waals surface area contributed by atoms with Crippen molar-refractivity contribution < 1.29 is 4.79 Å². The number of rotatable bonds is 2. The highest BCUT2D eigenvalue weighted by Gasteiger charge is 2.34. The van der Waals surface area contributed by atoms with Gasteiger partial charge in [-0.15, -0.1) is 0 Å². The summed E-state index contributed by atoms with van der Waals surface area (Å²) in [7, 11) is 0. The highest BCUT2D eigenvalue weighted by atomic mass is 16.2. The quantitative estimate of drug-likeness (QED) is 0.884. The van der Waals surface area contributed by atoms with Crippen LogP contribution in [0.4, 0.5) is 5.69 Å². The Morgan fingerprint density at radius 3 is 2.67 bits per heavy atom. The van der Waals surface area contributed by atoms with Gasteiger partial charge in [-0.1, -0.05) is 44.4 Å². The van der Waals surface area contributed by atoms with Crippen LogP contribution in [-0.4, -0.2) is 10.9 Å². The summed E-state index contributed by atoms with van der Waals surface area (Å²) in [5.41, 5.74) is 2.67. The van der Waals surface area contributed by atoms with Gasteiger partial charge in [0.2, 0.25) is 5.91 Å². The van der Waals surface area contributed by atoms with Crippen LogP contribution in [0.3, 0.4) is 0 Å². The standard InChI is InChI=1S/C18H22N2O/c1-13-14-8-4-5-9-15(14)19-12-16(13)20-17(21)18(2)10-6-3-7-11-18/h4-5,8-9,12H,3,6-7,10-11H2,1-2H3,(H,20,21). The minimum absolute atomic E-state index is 0.141. The molecule has 110 valence electrons. The second-order valence-corrected chi connectivity index (χ2v) is 6.39. The van der Waals surface area contributed by atoms with Crippen LogP contribution in [0.15, 0.2) is 30.5 Å². The molecule has 1 amide bonds. The van der Waals surface area contributed by atoms with Crippen LogP contribution in [0.2, 0.25) is 0 Å². The van der Waals surface area contributed by atoms with E-state index in [1.807, 2.05) is 25.1 Å². The number of aryl methyl sites for hydroxylation is 1. The summed E-state index contributed by atoms with van der Waals surface area (Å²) in [6.07, 6.45) is 7.30. The van der Waals surface area contributed by atoms with Gasteiger partial charge in [0, 0.05) is 10.8 Å². The van der Waals surface area contributed by atoms with E-state index in [4.69, 9.17) is 0 Å². The molecule has 0 saturated heterocycles. The highest BCUT2D eigenvalue weighted by Crippen LogP contribution is 2.37. The molecule has 3 heteroatoms. The van der Waals surface area contributed by atoms with E-state index >= 15 is 0 Å². The first-order valence-corrected chi connectivity index (χ1v) is 7.76. The van der Waals surface area contributed by atoms with E-state index in [1.165, 1.54) is 6.42 Å². The van der Waals surface area contributed by atoms with Crippen LogP contribution >= 0.6 is 0 Å². The normalized spacial score (nSPS) is 17.6. The van der Waals surface area contributed by atoms with E-state index in [0.717, 1.165) is 47.8 Å². The lowest BCUT2D eigenvalue weighted by Crippen LogP contribution is -2.35. The van der Waals surface area contributed by atoms with Gasteiger partial charge >= 0.3 is 0 Å². The number of para-hydroxylation sites is 1. The SMILES string of the molecule is Cc1c(NC(=O)C2(C)CCCCC2)cnc2ccccc12. The Bertz CT molecular complexity index is 672. The first-order chi connectivity index (χ1) is 10.1. The summed E-state index contributed by atoms with van der Waals surface area (Å²) >= 11 is 0. The average molecular weight is 282 g/mol. The van der Waals surface area contributed by atoms with Crippen molar-refractivity contribution in [1.82, 2.24) is 4.98 Å². The third-order valence-corrected chi connectivity index (χ3v) is 4.80. The predicted octanol–water partition coefficient (Wildman–Crippen LogP) is 4.45. The number of nitrogens with zero attached hydrogens (tertiary/aromatic N) is 1. The number of aromatic nitrogens is 1. The summed E-state index contributed by atoms with van der Waals surface area (Å²) in [4.78, 5) is 17.1. The summed E-state index contributed by atoms with van der Waals surface area (Å²) in [6, 6.07) is 8.03. The Balaban J connectivity index is 1.88. The lowest BCUT2D eigenvalue weighted by Gasteiger charge is -2.32. The topological polar surface area (TPSA) is 42.0 Å². The van der Waals surface area contributed by atoms with Crippen molar-refractivity contribution in [3.63, 3.8) is 0 Å². The van der Waals surface area contributed by atoms with E-state index < -0.39 is 0 Å². The molecule has 3 rings (SSSR count). The number of fused-ring (bicyclic) bond motifs is 1. The molecule has 3 nitrogen and oxygen atoms in total. The number of benzene rings is 1. The first kappa shape index (κ1) is 14.1. The Kier molecular flexibility index (Phi) is 3.66. The van der Waals surface area contributed by atoms with Crippen molar-refractivity contribution >= 4 is 22.5 Å². The van der Waals surface area contributed by atoms with E-state index in [-0.39, 0.29) is 11.3 Å². The second kappa shape index (κ2) is 5.47. The second-order valence-electron chi connectivity index (χ2n) is 6.39. The average Bonchev–Trinajstić information content (AvgIpc) is 2.51. The fourth-order valence-corrected chi connectivity index (χ4v) is 3.24. The Hall–Kier alpha value is -1.90. The molecule has 0 atom stereocenters. The largest absolute Gasteiger partial charge is 0.324 e. The summed E-state index contributed by atoms with van der Waals surface area (Å²) in [5, 5.41) is 4.21. The Morgan fingerprint density at radius 2 is 1.90 bits per heavy atom. The number of carbonyl (C=O) groups excluding carboxylic acids is 1. The number of hydrogen-bond acceptors (Lipinski definition) is 2. The molecule has 0 unspecified atom stereocenters. The molecule has 1 saturated carbocycles. The van der Waals surface area contributed by atoms with Crippen molar-refractivity contribution in [2.75, 3.05) is 5.32 Å². The van der Waals surface area contributed by atoms with Gasteiger partial charge in [-0.05, 0) is 31.4 Å². The van der Waals surface area contributed by atoms with Crippen LogP contribution in [0, 0.1) is 12.3 Å². The number of pyridine rings is 1. The molecule has 1 aromatic heterocycles. The zero-order chi connectivity index (χ0) is 14.9. The molecule has 1 heterocycles. The van der Waals surface area contributed by atoms with Gasteiger partial charge in [-0.3, -0.25) is 9.78 Å². The third kappa shape index (κ3) is 2.65. The smallest absolute Gasteiger partial charge is 0.230 e. The van der Waals surface area contributed by atoms with Crippen LogP contribution in [0.1, 0.15) is 44.6 Å². The Labute approximate surface area is 125 Å². The van der Waals surface area contributed by atoms with Crippen LogP contribution in [0.25, 0.3) is 10.9 Å². The van der Waals surface area contributed by atoms with E-state index in [2.05, 4.69) is 23.3 Å². The van der Waals surface area contributed by atoms with E-state index in [0.29, 0.717) is 0 Å². The van der Waals surface area contributed by atoms with Gasteiger partial charge in [0.15, 0.2) is 0 Å². The third-order valence-electron chi connectivity index (χ3n) is 4.80. The molecular formula is C18H22N2O. The number of hydrogen-bond donors (Lipinski definition) is 1. The number of carbonyl (C=O) groups is 1. The molecule has 1 aromatic carbocycles. The number of amides is 1. The van der Waals surface area contributed by atoms with Crippen molar-refractivity contribution in [1.29, 1.82) is 0 Å². The molecule has 1 aliphatic rings. The van der Waals surface area contributed by atoms with Gasteiger partial charge in [0.25, 0.3) is 0 Å². The monoisotopic (exact) mass is 282 g/mol. The molecule has 2 aromatic rings.